The van der Waals surface area contributed by atoms with Gasteiger partial charge in [0.2, 0.25) is 0 Å². The molecule has 0 bridgehead atoms. The summed E-state index contributed by atoms with van der Waals surface area (Å²) >= 11 is 1.46. The van der Waals surface area contributed by atoms with Gasteiger partial charge in [0.25, 0.3) is 0 Å². The van der Waals surface area contributed by atoms with Crippen LogP contribution in [0.15, 0.2) is 5.38 Å². The molecule has 0 spiro atoms. The van der Waals surface area contributed by atoms with Gasteiger partial charge in [0.05, 0.1) is 23.4 Å². The Bertz CT molecular complexity index is 433. The molecule has 0 unspecified atom stereocenters. The first-order valence-electron chi connectivity index (χ1n) is 5.26. The van der Waals surface area contributed by atoms with Crippen molar-refractivity contribution in [2.45, 2.75) is 32.5 Å². The quantitative estimate of drug-likeness (QED) is 0.607. The highest BCUT2D eigenvalue weighted by molar-refractivity contribution is 7.09. The van der Waals surface area contributed by atoms with E-state index in [2.05, 4.69) is 15.6 Å². The van der Waals surface area contributed by atoms with E-state index in [-0.39, 0.29) is 6.54 Å². The van der Waals surface area contributed by atoms with Crippen LogP contribution in [0.2, 0.25) is 0 Å². The average Bonchev–Trinajstić information content (AvgIpc) is 2.68. The standard InChI is InChI=1S/C10H15N3O4S/c1-5(14)8(9(15)16)13-10(17)11-3-7-4-18-6(2)12-7/h4-5,8,14H,3H2,1-2H3,(H,15,16)(H2,11,13,17)/t5-,8+/m1/s1. The first kappa shape index (κ1) is 14.4. The average molecular weight is 273 g/mol. The molecule has 4 N–H and O–H groups in total. The number of aliphatic hydroxyl groups excluding tert-OH is 1. The molecule has 8 heteroatoms. The Labute approximate surface area is 108 Å². The second kappa shape index (κ2) is 6.31. The van der Waals surface area contributed by atoms with Crippen LogP contribution >= 0.6 is 11.3 Å². The van der Waals surface area contributed by atoms with Gasteiger partial charge in [0, 0.05) is 5.38 Å². The second-order valence-electron chi connectivity index (χ2n) is 3.74. The Kier molecular flexibility index (Phi) is 5.05. The number of aliphatic hydroxyl groups is 1. The summed E-state index contributed by atoms with van der Waals surface area (Å²) in [5, 5.41) is 25.3. The van der Waals surface area contributed by atoms with E-state index < -0.39 is 24.1 Å². The number of carboxylic acid groups (broad SMARTS) is 1. The van der Waals surface area contributed by atoms with E-state index >= 15 is 0 Å². The lowest BCUT2D eigenvalue weighted by molar-refractivity contribution is -0.141. The molecule has 0 saturated carbocycles. The third kappa shape index (κ3) is 4.30. The summed E-state index contributed by atoms with van der Waals surface area (Å²) in [4.78, 5) is 26.3. The molecule has 0 aliphatic rings. The molecule has 1 rings (SSSR count). The Hall–Kier alpha value is -1.67. The van der Waals surface area contributed by atoms with Crippen LogP contribution in [0.1, 0.15) is 17.6 Å². The second-order valence-corrected chi connectivity index (χ2v) is 4.80. The zero-order chi connectivity index (χ0) is 13.7. The topological polar surface area (TPSA) is 112 Å². The Morgan fingerprint density at radius 3 is 2.67 bits per heavy atom. The van der Waals surface area contributed by atoms with Crippen molar-refractivity contribution in [1.29, 1.82) is 0 Å². The van der Waals surface area contributed by atoms with Crippen molar-refractivity contribution in [3.05, 3.63) is 16.1 Å². The van der Waals surface area contributed by atoms with E-state index in [1.165, 1.54) is 18.3 Å². The minimum absolute atomic E-state index is 0.211. The van der Waals surface area contributed by atoms with Crippen LogP contribution in [-0.4, -0.2) is 39.3 Å². The lowest BCUT2D eigenvalue weighted by Gasteiger charge is -2.17. The van der Waals surface area contributed by atoms with Gasteiger partial charge in [-0.25, -0.2) is 14.6 Å². The maximum absolute atomic E-state index is 11.4. The summed E-state index contributed by atoms with van der Waals surface area (Å²) in [6.45, 7) is 3.35. The summed E-state index contributed by atoms with van der Waals surface area (Å²) < 4.78 is 0. The van der Waals surface area contributed by atoms with Crippen molar-refractivity contribution in [1.82, 2.24) is 15.6 Å². The van der Waals surface area contributed by atoms with Gasteiger partial charge in [-0.1, -0.05) is 0 Å². The summed E-state index contributed by atoms with van der Waals surface area (Å²) in [5.74, 6) is -1.29. The van der Waals surface area contributed by atoms with Gasteiger partial charge in [-0.15, -0.1) is 11.3 Å². The molecular weight excluding hydrogens is 258 g/mol. The minimum atomic E-state index is -1.33. The number of rotatable bonds is 5. The number of hydrogen-bond acceptors (Lipinski definition) is 5. The van der Waals surface area contributed by atoms with Gasteiger partial charge in [0.15, 0.2) is 6.04 Å². The van der Waals surface area contributed by atoms with Crippen molar-refractivity contribution in [2.24, 2.45) is 0 Å². The number of aromatic nitrogens is 1. The van der Waals surface area contributed by atoms with Crippen molar-refractivity contribution < 1.29 is 19.8 Å². The maximum atomic E-state index is 11.4. The van der Waals surface area contributed by atoms with Crippen LogP contribution in [-0.2, 0) is 11.3 Å². The highest BCUT2D eigenvalue weighted by Gasteiger charge is 2.24. The van der Waals surface area contributed by atoms with Crippen molar-refractivity contribution >= 4 is 23.3 Å². The zero-order valence-electron chi connectivity index (χ0n) is 10.0. The highest BCUT2D eigenvalue weighted by Crippen LogP contribution is 2.07. The summed E-state index contributed by atoms with van der Waals surface area (Å²) in [6.07, 6.45) is -1.17. The minimum Gasteiger partial charge on any atom is -0.480 e. The number of carbonyl (C=O) groups is 2. The van der Waals surface area contributed by atoms with E-state index in [0.717, 1.165) is 5.01 Å². The number of hydrogen-bond donors (Lipinski definition) is 4. The molecule has 0 radical (unpaired) electrons. The highest BCUT2D eigenvalue weighted by atomic mass is 32.1. The fourth-order valence-electron chi connectivity index (χ4n) is 1.24. The van der Waals surface area contributed by atoms with E-state index in [9.17, 15) is 14.7 Å². The first-order valence-corrected chi connectivity index (χ1v) is 6.14. The van der Waals surface area contributed by atoms with Crippen molar-refractivity contribution in [2.75, 3.05) is 0 Å². The Morgan fingerprint density at radius 2 is 2.22 bits per heavy atom. The number of aliphatic carboxylic acids is 1. The largest absolute Gasteiger partial charge is 0.480 e. The summed E-state index contributed by atoms with van der Waals surface area (Å²) in [7, 11) is 0. The lowest BCUT2D eigenvalue weighted by atomic mass is 10.2. The molecule has 2 amide bonds. The fourth-order valence-corrected chi connectivity index (χ4v) is 1.85. The van der Waals surface area contributed by atoms with Gasteiger partial charge >= 0.3 is 12.0 Å². The molecule has 2 atom stereocenters. The molecule has 18 heavy (non-hydrogen) atoms. The molecule has 0 aliphatic heterocycles. The van der Waals surface area contributed by atoms with Crippen LogP contribution in [0.3, 0.4) is 0 Å². The van der Waals surface area contributed by atoms with Gasteiger partial charge < -0.3 is 20.8 Å². The molecule has 0 saturated heterocycles. The van der Waals surface area contributed by atoms with E-state index in [0.29, 0.717) is 5.69 Å². The van der Waals surface area contributed by atoms with Crippen molar-refractivity contribution in [3.63, 3.8) is 0 Å². The number of urea groups is 1. The third-order valence-electron chi connectivity index (χ3n) is 2.13. The maximum Gasteiger partial charge on any atom is 0.328 e. The van der Waals surface area contributed by atoms with Gasteiger partial charge in [-0.3, -0.25) is 0 Å². The molecule has 0 aliphatic carbocycles. The number of amides is 2. The molecule has 100 valence electrons. The fraction of sp³-hybridized carbons (Fsp3) is 0.500. The third-order valence-corrected chi connectivity index (χ3v) is 2.95. The number of carbonyl (C=O) groups excluding carboxylic acids is 1. The predicted molar refractivity (Wildman–Crippen MR) is 65.3 cm³/mol. The van der Waals surface area contributed by atoms with Gasteiger partial charge in [-0.05, 0) is 13.8 Å². The van der Waals surface area contributed by atoms with Gasteiger partial charge in [-0.2, -0.15) is 0 Å². The van der Waals surface area contributed by atoms with E-state index in [4.69, 9.17) is 5.11 Å². The van der Waals surface area contributed by atoms with Crippen LogP contribution in [0.4, 0.5) is 4.79 Å². The lowest BCUT2D eigenvalue weighted by Crippen LogP contribution is -2.50. The zero-order valence-corrected chi connectivity index (χ0v) is 10.8. The molecule has 0 fully saturated rings. The number of nitrogens with one attached hydrogen (secondary N) is 2. The number of aryl methyl sites for hydroxylation is 1. The number of carboxylic acids is 1. The molecular formula is C10H15N3O4S. The van der Waals surface area contributed by atoms with Crippen LogP contribution < -0.4 is 10.6 Å². The number of nitrogens with zero attached hydrogens (tertiary/aromatic N) is 1. The molecule has 1 aromatic rings. The summed E-state index contributed by atoms with van der Waals surface area (Å²) in [5.41, 5.74) is 0.705. The number of thiazole rings is 1. The smallest absolute Gasteiger partial charge is 0.328 e. The van der Waals surface area contributed by atoms with E-state index in [1.54, 1.807) is 5.38 Å². The van der Waals surface area contributed by atoms with E-state index in [1.807, 2.05) is 6.92 Å². The Balaban J connectivity index is 2.43. The first-order chi connectivity index (χ1) is 8.40. The predicted octanol–water partition coefficient (Wildman–Crippen LogP) is 0.0847. The molecule has 1 aromatic heterocycles. The summed E-state index contributed by atoms with van der Waals surface area (Å²) in [6, 6.07) is -1.99. The molecule has 7 nitrogen and oxygen atoms in total. The monoisotopic (exact) mass is 273 g/mol. The van der Waals surface area contributed by atoms with Crippen LogP contribution in [0.5, 0.6) is 0 Å². The SMILES string of the molecule is Cc1nc(CNC(=O)N[C@H](C(=O)O)[C@@H](C)O)cs1. The van der Waals surface area contributed by atoms with Gasteiger partial charge in [0.1, 0.15) is 0 Å². The van der Waals surface area contributed by atoms with Crippen LogP contribution in [0.25, 0.3) is 0 Å². The normalized spacial score (nSPS) is 13.7. The molecule has 0 aromatic carbocycles. The van der Waals surface area contributed by atoms with Crippen molar-refractivity contribution in [3.8, 4) is 0 Å². The Morgan fingerprint density at radius 1 is 1.56 bits per heavy atom. The van der Waals surface area contributed by atoms with Crippen LogP contribution in [0, 0.1) is 6.92 Å². The molecule has 1 heterocycles.